The minimum atomic E-state index is 0.447. The second-order valence-corrected chi connectivity index (χ2v) is 4.64. The molecular weight excluding hydrogens is 238 g/mol. The van der Waals surface area contributed by atoms with Crippen molar-refractivity contribution in [3.8, 4) is 0 Å². The van der Waals surface area contributed by atoms with Gasteiger partial charge < -0.3 is 10.3 Å². The highest BCUT2D eigenvalue weighted by Gasteiger charge is 2.10. The Labute approximate surface area is 111 Å². The molecule has 1 aromatic carbocycles. The zero-order valence-electron chi connectivity index (χ0n) is 11.0. The van der Waals surface area contributed by atoms with E-state index in [1.54, 1.807) is 0 Å². The second-order valence-electron chi connectivity index (χ2n) is 4.64. The molecule has 2 aromatic heterocycles. The summed E-state index contributed by atoms with van der Waals surface area (Å²) < 4.78 is 3.84. The summed E-state index contributed by atoms with van der Waals surface area (Å²) in [6, 6.07) is 10.4. The van der Waals surface area contributed by atoms with Crippen molar-refractivity contribution in [2.75, 3.05) is 0 Å². The Morgan fingerprint density at radius 1 is 1.16 bits per heavy atom. The molecule has 0 fully saturated rings. The Balaban J connectivity index is 1.81. The van der Waals surface area contributed by atoms with Crippen LogP contribution in [0.4, 0.5) is 0 Å². The SMILES string of the molecule is Cn1c(CCc2ccccc2)nn2cc(CN)nc12. The number of hydrogen-bond donors (Lipinski definition) is 1. The molecule has 0 aliphatic rings. The largest absolute Gasteiger partial charge is 0.325 e. The van der Waals surface area contributed by atoms with Gasteiger partial charge in [0, 0.05) is 20.0 Å². The van der Waals surface area contributed by atoms with Crippen LogP contribution in [-0.2, 0) is 26.4 Å². The van der Waals surface area contributed by atoms with Crippen molar-refractivity contribution in [1.82, 2.24) is 19.2 Å². The average molecular weight is 255 g/mol. The fraction of sp³-hybridized carbons (Fsp3) is 0.286. The number of aromatic nitrogens is 4. The molecule has 0 unspecified atom stereocenters. The third-order valence-electron chi connectivity index (χ3n) is 3.32. The van der Waals surface area contributed by atoms with Gasteiger partial charge in [-0.3, -0.25) is 0 Å². The second kappa shape index (κ2) is 4.85. The maximum Gasteiger partial charge on any atom is 0.232 e. The lowest BCUT2D eigenvalue weighted by Gasteiger charge is -2.01. The van der Waals surface area contributed by atoms with Gasteiger partial charge in [-0.05, 0) is 12.0 Å². The third kappa shape index (κ3) is 2.24. The van der Waals surface area contributed by atoms with Crippen molar-refractivity contribution in [2.45, 2.75) is 19.4 Å². The summed E-state index contributed by atoms with van der Waals surface area (Å²) in [4.78, 5) is 4.44. The molecule has 0 bridgehead atoms. The molecular formula is C14H17N5. The maximum atomic E-state index is 5.58. The molecule has 5 nitrogen and oxygen atoms in total. The number of fused-ring (bicyclic) bond motifs is 1. The van der Waals surface area contributed by atoms with Crippen molar-refractivity contribution < 1.29 is 0 Å². The van der Waals surface area contributed by atoms with E-state index in [2.05, 4.69) is 34.3 Å². The normalized spacial score (nSPS) is 11.3. The van der Waals surface area contributed by atoms with Crippen LogP contribution < -0.4 is 5.73 Å². The Kier molecular flexibility index (Phi) is 3.05. The van der Waals surface area contributed by atoms with E-state index in [1.807, 2.05) is 28.4 Å². The molecule has 0 saturated carbocycles. The molecule has 5 heteroatoms. The van der Waals surface area contributed by atoms with E-state index >= 15 is 0 Å². The van der Waals surface area contributed by atoms with Crippen molar-refractivity contribution >= 4 is 5.78 Å². The van der Waals surface area contributed by atoms with Crippen LogP contribution in [0.3, 0.4) is 0 Å². The van der Waals surface area contributed by atoms with Gasteiger partial charge in [0.2, 0.25) is 5.78 Å². The smallest absolute Gasteiger partial charge is 0.232 e. The fourth-order valence-electron chi connectivity index (χ4n) is 2.23. The predicted molar refractivity (Wildman–Crippen MR) is 73.7 cm³/mol. The van der Waals surface area contributed by atoms with E-state index in [0.717, 1.165) is 30.1 Å². The number of nitrogens with two attached hydrogens (primary N) is 1. The van der Waals surface area contributed by atoms with Gasteiger partial charge in [0.1, 0.15) is 5.82 Å². The molecule has 98 valence electrons. The monoisotopic (exact) mass is 255 g/mol. The third-order valence-corrected chi connectivity index (χ3v) is 3.32. The molecule has 0 amide bonds. The summed E-state index contributed by atoms with van der Waals surface area (Å²) in [5, 5.41) is 4.56. The molecule has 2 N–H and O–H groups in total. The lowest BCUT2D eigenvalue weighted by molar-refractivity contribution is 0.766. The van der Waals surface area contributed by atoms with E-state index in [-0.39, 0.29) is 0 Å². The molecule has 2 heterocycles. The standard InChI is InChI=1S/C14H17N5/c1-18-13(8-7-11-5-3-2-4-6-11)17-19-10-12(9-15)16-14(18)19/h2-6,10H,7-9,15H2,1H3. The van der Waals surface area contributed by atoms with Crippen molar-refractivity contribution in [2.24, 2.45) is 12.8 Å². The lowest BCUT2D eigenvalue weighted by atomic mass is 10.1. The average Bonchev–Trinajstić information content (AvgIpc) is 2.97. The Hall–Kier alpha value is -2.14. The molecule has 0 spiro atoms. The van der Waals surface area contributed by atoms with Crippen LogP contribution in [-0.4, -0.2) is 19.2 Å². The number of nitrogens with zero attached hydrogens (tertiary/aromatic N) is 4. The van der Waals surface area contributed by atoms with Gasteiger partial charge in [-0.1, -0.05) is 30.3 Å². The van der Waals surface area contributed by atoms with Crippen molar-refractivity contribution in [3.05, 3.63) is 53.6 Å². The van der Waals surface area contributed by atoms with Gasteiger partial charge >= 0.3 is 0 Å². The summed E-state index contributed by atoms with van der Waals surface area (Å²) in [5.41, 5.74) is 7.78. The summed E-state index contributed by atoms with van der Waals surface area (Å²) in [6.07, 6.45) is 3.78. The first-order valence-electron chi connectivity index (χ1n) is 6.42. The molecule has 19 heavy (non-hydrogen) atoms. The first-order chi connectivity index (χ1) is 9.28. The Morgan fingerprint density at radius 2 is 1.95 bits per heavy atom. The van der Waals surface area contributed by atoms with Gasteiger partial charge in [-0.15, -0.1) is 0 Å². The highest BCUT2D eigenvalue weighted by Crippen LogP contribution is 2.10. The number of imidazole rings is 1. The Morgan fingerprint density at radius 3 is 2.63 bits per heavy atom. The molecule has 3 aromatic rings. The van der Waals surface area contributed by atoms with Crippen LogP contribution in [0.15, 0.2) is 36.5 Å². The van der Waals surface area contributed by atoms with E-state index < -0.39 is 0 Å². The van der Waals surface area contributed by atoms with Gasteiger partial charge in [-0.2, -0.15) is 5.10 Å². The fourth-order valence-corrected chi connectivity index (χ4v) is 2.23. The van der Waals surface area contributed by atoms with Crippen LogP contribution >= 0.6 is 0 Å². The lowest BCUT2D eigenvalue weighted by Crippen LogP contribution is -2.02. The van der Waals surface area contributed by atoms with Crippen LogP contribution in [0.2, 0.25) is 0 Å². The molecule has 0 saturated heterocycles. The highest BCUT2D eigenvalue weighted by molar-refractivity contribution is 5.32. The molecule has 0 radical (unpaired) electrons. The molecule has 0 aliphatic carbocycles. The predicted octanol–water partition coefficient (Wildman–Crippen LogP) is 1.31. The molecule has 3 rings (SSSR count). The van der Waals surface area contributed by atoms with E-state index in [0.29, 0.717) is 6.54 Å². The summed E-state index contributed by atoms with van der Waals surface area (Å²) in [6.45, 7) is 0.447. The van der Waals surface area contributed by atoms with Crippen molar-refractivity contribution in [1.29, 1.82) is 0 Å². The number of hydrogen-bond acceptors (Lipinski definition) is 3. The quantitative estimate of drug-likeness (QED) is 0.764. The van der Waals surface area contributed by atoms with E-state index in [1.165, 1.54) is 5.56 Å². The van der Waals surface area contributed by atoms with Gasteiger partial charge in [0.05, 0.1) is 11.9 Å². The first-order valence-corrected chi connectivity index (χ1v) is 6.42. The maximum absolute atomic E-state index is 5.58. The summed E-state index contributed by atoms with van der Waals surface area (Å²) in [5.74, 6) is 1.89. The minimum absolute atomic E-state index is 0.447. The van der Waals surface area contributed by atoms with Crippen molar-refractivity contribution in [3.63, 3.8) is 0 Å². The zero-order chi connectivity index (χ0) is 13.2. The highest BCUT2D eigenvalue weighted by atomic mass is 15.4. The topological polar surface area (TPSA) is 61.1 Å². The van der Waals surface area contributed by atoms with E-state index in [9.17, 15) is 0 Å². The van der Waals surface area contributed by atoms with Crippen LogP contribution in [0.1, 0.15) is 17.1 Å². The number of aryl methyl sites for hydroxylation is 3. The van der Waals surface area contributed by atoms with Gasteiger partial charge in [0.15, 0.2) is 0 Å². The number of benzene rings is 1. The summed E-state index contributed by atoms with van der Waals surface area (Å²) in [7, 11) is 2.00. The minimum Gasteiger partial charge on any atom is -0.325 e. The van der Waals surface area contributed by atoms with Crippen LogP contribution in [0.5, 0.6) is 0 Å². The van der Waals surface area contributed by atoms with Gasteiger partial charge in [-0.25, -0.2) is 9.50 Å². The van der Waals surface area contributed by atoms with Gasteiger partial charge in [0.25, 0.3) is 0 Å². The van der Waals surface area contributed by atoms with E-state index in [4.69, 9.17) is 5.73 Å². The molecule has 0 atom stereocenters. The summed E-state index contributed by atoms with van der Waals surface area (Å²) >= 11 is 0. The number of rotatable bonds is 4. The zero-order valence-corrected chi connectivity index (χ0v) is 11.0. The van der Waals surface area contributed by atoms with Crippen LogP contribution in [0, 0.1) is 0 Å². The van der Waals surface area contributed by atoms with Crippen LogP contribution in [0.25, 0.3) is 5.78 Å². The first kappa shape index (κ1) is 11.9. The Bertz CT molecular complexity index is 680. The molecule has 0 aliphatic heterocycles.